The topological polar surface area (TPSA) is 37.3 Å². The molecule has 4 nitrogen and oxygen atoms in total. The number of likely N-dealkylation sites (N-methyl/N-ethyl adjacent to an activating group) is 1. The molecule has 2 heterocycles. The Morgan fingerprint density at radius 1 is 1.35 bits per heavy atom. The van der Waals surface area contributed by atoms with Crippen LogP contribution in [0.5, 0.6) is 0 Å². The molecule has 1 fully saturated rings. The zero-order valence-corrected chi connectivity index (χ0v) is 14.4. The number of carbonyl (C=O) groups is 1. The number of amides is 1. The second-order valence-electron chi connectivity index (χ2n) is 6.73. The van der Waals surface area contributed by atoms with Crippen LogP contribution in [0.1, 0.15) is 50.0 Å². The molecule has 0 saturated carbocycles. The van der Waals surface area contributed by atoms with E-state index < -0.39 is 0 Å². The van der Waals surface area contributed by atoms with Crippen molar-refractivity contribution < 1.29 is 4.79 Å². The molecule has 23 heavy (non-hydrogen) atoms. The van der Waals surface area contributed by atoms with Crippen LogP contribution in [0.4, 0.5) is 0 Å². The predicted molar refractivity (Wildman–Crippen MR) is 94.9 cm³/mol. The van der Waals surface area contributed by atoms with Crippen molar-refractivity contribution in [3.8, 4) is 0 Å². The highest BCUT2D eigenvalue weighted by Crippen LogP contribution is 2.21. The SMILES string of the molecule is CCN1CCC[C@H]1CNC(=O)c1ccc2ccn(C(C)C)c2c1. The molecule has 1 saturated heterocycles. The minimum absolute atomic E-state index is 0.0337. The first-order valence-electron chi connectivity index (χ1n) is 8.73. The Balaban J connectivity index is 1.72. The molecular weight excluding hydrogens is 286 g/mol. The normalized spacial score (nSPS) is 18.9. The number of likely N-dealkylation sites (tertiary alicyclic amines) is 1. The van der Waals surface area contributed by atoms with Gasteiger partial charge in [0.15, 0.2) is 0 Å². The van der Waals surface area contributed by atoms with Gasteiger partial charge >= 0.3 is 0 Å². The van der Waals surface area contributed by atoms with Crippen LogP contribution >= 0.6 is 0 Å². The lowest BCUT2D eigenvalue weighted by molar-refractivity contribution is 0.0941. The smallest absolute Gasteiger partial charge is 0.251 e. The minimum Gasteiger partial charge on any atom is -0.350 e. The summed E-state index contributed by atoms with van der Waals surface area (Å²) in [6, 6.07) is 8.96. The van der Waals surface area contributed by atoms with Crippen molar-refractivity contribution in [3.05, 3.63) is 36.0 Å². The van der Waals surface area contributed by atoms with Crippen LogP contribution in [-0.4, -0.2) is 41.1 Å². The highest BCUT2D eigenvalue weighted by Gasteiger charge is 2.23. The first-order chi connectivity index (χ1) is 11.1. The maximum Gasteiger partial charge on any atom is 0.251 e. The number of aromatic nitrogens is 1. The van der Waals surface area contributed by atoms with Crippen LogP contribution in [0.2, 0.25) is 0 Å². The van der Waals surface area contributed by atoms with Crippen molar-refractivity contribution in [2.75, 3.05) is 19.6 Å². The summed E-state index contributed by atoms with van der Waals surface area (Å²) in [4.78, 5) is 15.0. The summed E-state index contributed by atoms with van der Waals surface area (Å²) in [5.74, 6) is 0.0337. The monoisotopic (exact) mass is 313 g/mol. The van der Waals surface area contributed by atoms with Crippen LogP contribution in [0.3, 0.4) is 0 Å². The number of rotatable bonds is 5. The van der Waals surface area contributed by atoms with Gasteiger partial charge in [-0.15, -0.1) is 0 Å². The molecular formula is C19H27N3O. The molecule has 2 aromatic rings. The van der Waals surface area contributed by atoms with E-state index in [0.717, 1.165) is 30.7 Å². The van der Waals surface area contributed by atoms with Crippen molar-refractivity contribution in [2.24, 2.45) is 0 Å². The lowest BCUT2D eigenvalue weighted by Gasteiger charge is -2.22. The molecule has 1 aromatic carbocycles. The third-order valence-electron chi connectivity index (χ3n) is 4.95. The maximum absolute atomic E-state index is 12.5. The fraction of sp³-hybridized carbons (Fsp3) is 0.526. The molecule has 0 bridgehead atoms. The van der Waals surface area contributed by atoms with E-state index in [1.807, 2.05) is 18.2 Å². The zero-order valence-electron chi connectivity index (χ0n) is 14.4. The fourth-order valence-electron chi connectivity index (χ4n) is 3.60. The van der Waals surface area contributed by atoms with Crippen molar-refractivity contribution in [1.82, 2.24) is 14.8 Å². The summed E-state index contributed by atoms with van der Waals surface area (Å²) >= 11 is 0. The lowest BCUT2D eigenvalue weighted by Crippen LogP contribution is -2.40. The Kier molecular flexibility index (Phi) is 4.71. The Bertz CT molecular complexity index is 689. The predicted octanol–water partition coefficient (Wildman–Crippen LogP) is 3.44. The summed E-state index contributed by atoms with van der Waals surface area (Å²) in [5, 5.41) is 4.30. The van der Waals surface area contributed by atoms with Gasteiger partial charge in [-0.25, -0.2) is 0 Å². The van der Waals surface area contributed by atoms with Crippen LogP contribution in [0.15, 0.2) is 30.5 Å². The van der Waals surface area contributed by atoms with Crippen LogP contribution in [0.25, 0.3) is 10.9 Å². The molecule has 3 rings (SSSR count). The van der Waals surface area contributed by atoms with E-state index >= 15 is 0 Å². The molecule has 1 amide bonds. The highest BCUT2D eigenvalue weighted by atomic mass is 16.1. The average Bonchev–Trinajstić information content (AvgIpc) is 3.17. The van der Waals surface area contributed by atoms with Crippen molar-refractivity contribution in [1.29, 1.82) is 0 Å². The number of fused-ring (bicyclic) bond motifs is 1. The number of hydrogen-bond acceptors (Lipinski definition) is 2. The Morgan fingerprint density at radius 2 is 2.17 bits per heavy atom. The second kappa shape index (κ2) is 6.75. The average molecular weight is 313 g/mol. The molecule has 1 aliphatic heterocycles. The standard InChI is InChI=1S/C19H27N3O/c1-4-21-10-5-6-17(21)13-20-19(23)16-8-7-15-9-11-22(14(2)3)18(15)12-16/h7-9,11-12,14,17H,4-6,10,13H2,1-3H3,(H,20,23)/t17-/m0/s1. The molecule has 1 aromatic heterocycles. The van der Waals surface area contributed by atoms with Gasteiger partial charge in [-0.2, -0.15) is 0 Å². The van der Waals surface area contributed by atoms with Gasteiger partial charge in [0.05, 0.1) is 0 Å². The van der Waals surface area contributed by atoms with E-state index in [0.29, 0.717) is 12.1 Å². The maximum atomic E-state index is 12.5. The molecule has 124 valence electrons. The number of hydrogen-bond donors (Lipinski definition) is 1. The summed E-state index contributed by atoms with van der Waals surface area (Å²) in [7, 11) is 0. The molecule has 0 spiro atoms. The molecule has 1 atom stereocenters. The number of nitrogens with one attached hydrogen (secondary N) is 1. The molecule has 1 aliphatic rings. The minimum atomic E-state index is 0.0337. The Labute approximate surface area is 138 Å². The summed E-state index contributed by atoms with van der Waals surface area (Å²) in [5.41, 5.74) is 1.88. The fourth-order valence-corrected chi connectivity index (χ4v) is 3.60. The third-order valence-corrected chi connectivity index (χ3v) is 4.95. The van der Waals surface area contributed by atoms with Crippen molar-refractivity contribution in [3.63, 3.8) is 0 Å². The van der Waals surface area contributed by atoms with Gasteiger partial charge in [0.25, 0.3) is 5.91 Å². The van der Waals surface area contributed by atoms with Crippen LogP contribution in [0, 0.1) is 0 Å². The molecule has 0 unspecified atom stereocenters. The van der Waals surface area contributed by atoms with E-state index in [1.165, 1.54) is 18.2 Å². The first kappa shape index (κ1) is 16.1. The summed E-state index contributed by atoms with van der Waals surface area (Å²) < 4.78 is 2.21. The summed E-state index contributed by atoms with van der Waals surface area (Å²) in [6.45, 7) is 9.47. The Hall–Kier alpha value is -1.81. The van der Waals surface area contributed by atoms with Gasteiger partial charge in [-0.3, -0.25) is 9.69 Å². The van der Waals surface area contributed by atoms with Crippen molar-refractivity contribution in [2.45, 2.75) is 45.7 Å². The van der Waals surface area contributed by atoms with Crippen molar-refractivity contribution >= 4 is 16.8 Å². The van der Waals surface area contributed by atoms with Gasteiger partial charge < -0.3 is 9.88 Å². The zero-order chi connectivity index (χ0) is 16.4. The quantitative estimate of drug-likeness (QED) is 0.918. The second-order valence-corrected chi connectivity index (χ2v) is 6.73. The van der Waals surface area contributed by atoms with Gasteiger partial charge in [0.1, 0.15) is 0 Å². The van der Waals surface area contributed by atoms with Crippen LogP contribution in [-0.2, 0) is 0 Å². The molecule has 0 radical (unpaired) electrons. The number of benzene rings is 1. The van der Waals surface area contributed by atoms with Crippen LogP contribution < -0.4 is 5.32 Å². The molecule has 0 aliphatic carbocycles. The third kappa shape index (κ3) is 3.27. The molecule has 4 heteroatoms. The lowest BCUT2D eigenvalue weighted by atomic mass is 10.1. The van der Waals surface area contributed by atoms with E-state index in [4.69, 9.17) is 0 Å². The van der Waals surface area contributed by atoms with Gasteiger partial charge in [0, 0.05) is 35.9 Å². The van der Waals surface area contributed by atoms with Gasteiger partial charge in [-0.1, -0.05) is 13.0 Å². The van der Waals surface area contributed by atoms with E-state index in [2.05, 4.69) is 47.8 Å². The first-order valence-corrected chi connectivity index (χ1v) is 8.73. The van der Waals surface area contributed by atoms with E-state index in [9.17, 15) is 4.79 Å². The molecule has 1 N–H and O–H groups in total. The van der Waals surface area contributed by atoms with E-state index in [1.54, 1.807) is 0 Å². The highest BCUT2D eigenvalue weighted by molar-refractivity contribution is 5.98. The van der Waals surface area contributed by atoms with Gasteiger partial charge in [0.2, 0.25) is 0 Å². The number of carbonyl (C=O) groups excluding carboxylic acids is 1. The Morgan fingerprint density at radius 3 is 2.91 bits per heavy atom. The number of nitrogens with zero attached hydrogens (tertiary/aromatic N) is 2. The summed E-state index contributed by atoms with van der Waals surface area (Å²) in [6.07, 6.45) is 4.51. The largest absolute Gasteiger partial charge is 0.350 e. The van der Waals surface area contributed by atoms with Gasteiger partial charge in [-0.05, 0) is 63.4 Å². The van der Waals surface area contributed by atoms with E-state index in [-0.39, 0.29) is 5.91 Å².